The molecule has 7 nitrogen and oxygen atoms in total. The molecule has 0 radical (unpaired) electrons. The lowest BCUT2D eigenvalue weighted by Crippen LogP contribution is -2.48. The number of hydrogen-bond donors (Lipinski definition) is 1. The largest absolute Gasteiger partial charge is 0.497 e. The summed E-state index contributed by atoms with van der Waals surface area (Å²) in [4.78, 5) is 14.8. The van der Waals surface area contributed by atoms with Crippen molar-refractivity contribution < 1.29 is 17.9 Å². The summed E-state index contributed by atoms with van der Waals surface area (Å²) >= 11 is 0. The molecule has 0 aromatic heterocycles. The molecule has 2 aromatic rings. The molecule has 0 atom stereocenters. The van der Waals surface area contributed by atoms with Crippen LogP contribution >= 0.6 is 0 Å². The molecule has 1 fully saturated rings. The first-order chi connectivity index (χ1) is 14.4. The van der Waals surface area contributed by atoms with E-state index in [9.17, 15) is 13.2 Å². The highest BCUT2D eigenvalue weighted by molar-refractivity contribution is 7.89. The molecule has 0 unspecified atom stereocenters. The Kier molecular flexibility index (Phi) is 7.47. The summed E-state index contributed by atoms with van der Waals surface area (Å²) < 4.78 is 32.4. The molecule has 1 saturated heterocycles. The van der Waals surface area contributed by atoms with E-state index >= 15 is 0 Å². The van der Waals surface area contributed by atoms with Crippen LogP contribution < -0.4 is 10.1 Å². The van der Waals surface area contributed by atoms with Crippen molar-refractivity contribution in [3.63, 3.8) is 0 Å². The van der Waals surface area contributed by atoms with Crippen molar-refractivity contribution in [1.29, 1.82) is 0 Å². The number of methoxy groups -OCH3 is 1. The highest BCUT2D eigenvalue weighted by atomic mass is 32.2. The molecule has 0 bridgehead atoms. The van der Waals surface area contributed by atoms with Crippen LogP contribution in [0.15, 0.2) is 48.5 Å². The van der Waals surface area contributed by atoms with Crippen LogP contribution in [-0.4, -0.2) is 69.1 Å². The van der Waals surface area contributed by atoms with Crippen LogP contribution in [-0.2, 0) is 16.6 Å². The Morgan fingerprint density at radius 3 is 2.50 bits per heavy atom. The van der Waals surface area contributed by atoms with Crippen molar-refractivity contribution >= 4 is 15.9 Å². The predicted molar refractivity (Wildman–Crippen MR) is 117 cm³/mol. The molecule has 8 heteroatoms. The molecule has 1 aliphatic rings. The number of rotatable bonds is 8. The number of nitrogens with one attached hydrogen (secondary N) is 1. The van der Waals surface area contributed by atoms with E-state index in [4.69, 9.17) is 4.74 Å². The fourth-order valence-corrected chi connectivity index (χ4v) is 4.85. The van der Waals surface area contributed by atoms with Crippen LogP contribution in [0.5, 0.6) is 5.75 Å². The van der Waals surface area contributed by atoms with E-state index in [2.05, 4.69) is 5.32 Å². The van der Waals surface area contributed by atoms with Gasteiger partial charge < -0.3 is 15.0 Å². The first-order valence-corrected chi connectivity index (χ1v) is 11.7. The zero-order valence-electron chi connectivity index (χ0n) is 17.5. The van der Waals surface area contributed by atoms with E-state index in [1.807, 2.05) is 43.3 Å². The fourth-order valence-electron chi connectivity index (χ4n) is 3.40. The highest BCUT2D eigenvalue weighted by Gasteiger charge is 2.26. The van der Waals surface area contributed by atoms with Crippen LogP contribution in [0, 0.1) is 6.92 Å². The van der Waals surface area contributed by atoms with E-state index in [1.165, 1.54) is 4.31 Å². The smallest absolute Gasteiger partial charge is 0.254 e. The topological polar surface area (TPSA) is 79.0 Å². The lowest BCUT2D eigenvalue weighted by molar-refractivity contribution is 0.0753. The first kappa shape index (κ1) is 22.3. The first-order valence-electron chi connectivity index (χ1n) is 10.1. The van der Waals surface area contributed by atoms with Crippen molar-refractivity contribution in [3.05, 3.63) is 65.2 Å². The third-order valence-electron chi connectivity index (χ3n) is 5.18. The number of ether oxygens (including phenoxy) is 1. The maximum atomic E-state index is 13.2. The number of carbonyl (C=O) groups is 1. The van der Waals surface area contributed by atoms with Gasteiger partial charge in [-0.25, -0.2) is 8.42 Å². The molecule has 3 rings (SSSR count). The molecular formula is C22H29N3O4S. The molecule has 0 aliphatic carbocycles. The van der Waals surface area contributed by atoms with Gasteiger partial charge in [0.15, 0.2) is 0 Å². The monoisotopic (exact) mass is 431 g/mol. The lowest BCUT2D eigenvalue weighted by Gasteiger charge is -2.28. The van der Waals surface area contributed by atoms with Crippen LogP contribution in [0.3, 0.4) is 0 Å². The van der Waals surface area contributed by atoms with Gasteiger partial charge >= 0.3 is 0 Å². The standard InChI is InChI=1S/C22H29N3O4S/c1-18-6-8-20(9-7-18)22(26)24(17-19-4-3-5-21(16-19)29-2)14-15-30(27,28)25-12-10-23-11-13-25/h3-9,16,23H,10-15,17H2,1-2H3. The minimum atomic E-state index is -3.43. The highest BCUT2D eigenvalue weighted by Crippen LogP contribution is 2.17. The Balaban J connectivity index is 1.79. The van der Waals surface area contributed by atoms with Crippen LogP contribution in [0.1, 0.15) is 21.5 Å². The van der Waals surface area contributed by atoms with Gasteiger partial charge in [0.05, 0.1) is 12.9 Å². The number of carbonyl (C=O) groups excluding carboxylic acids is 1. The van der Waals surface area contributed by atoms with Crippen molar-refractivity contribution in [2.75, 3.05) is 45.6 Å². The second kappa shape index (κ2) is 10.1. The van der Waals surface area contributed by atoms with Crippen LogP contribution in [0.2, 0.25) is 0 Å². The number of piperazine rings is 1. The van der Waals surface area contributed by atoms with Gasteiger partial charge in [-0.15, -0.1) is 0 Å². The summed E-state index contributed by atoms with van der Waals surface area (Å²) in [5.74, 6) is 0.409. The second-order valence-corrected chi connectivity index (χ2v) is 9.50. The SMILES string of the molecule is COc1cccc(CN(CCS(=O)(=O)N2CCNCC2)C(=O)c2ccc(C)cc2)c1. The number of aryl methyl sites for hydroxylation is 1. The zero-order chi connectivity index (χ0) is 21.6. The average molecular weight is 432 g/mol. The number of sulfonamides is 1. The van der Waals surface area contributed by atoms with E-state index in [1.54, 1.807) is 24.1 Å². The van der Waals surface area contributed by atoms with E-state index in [-0.39, 0.29) is 18.2 Å². The molecular weight excluding hydrogens is 402 g/mol. The lowest BCUT2D eigenvalue weighted by atomic mass is 10.1. The van der Waals surface area contributed by atoms with Gasteiger partial charge in [0.25, 0.3) is 5.91 Å². The quantitative estimate of drug-likeness (QED) is 0.691. The minimum Gasteiger partial charge on any atom is -0.497 e. The third-order valence-corrected chi connectivity index (χ3v) is 7.03. The summed E-state index contributed by atoms with van der Waals surface area (Å²) in [6, 6.07) is 14.8. The Morgan fingerprint density at radius 1 is 1.13 bits per heavy atom. The Morgan fingerprint density at radius 2 is 1.83 bits per heavy atom. The Labute approximate surface area is 178 Å². The Hall–Kier alpha value is -2.42. The van der Waals surface area contributed by atoms with Gasteiger partial charge in [0, 0.05) is 44.8 Å². The molecule has 1 amide bonds. The number of nitrogens with zero attached hydrogens (tertiary/aromatic N) is 2. The minimum absolute atomic E-state index is 0.103. The van der Waals surface area contributed by atoms with Crippen molar-refractivity contribution in [2.45, 2.75) is 13.5 Å². The number of amides is 1. The van der Waals surface area contributed by atoms with E-state index in [0.29, 0.717) is 44.0 Å². The summed E-state index contributed by atoms with van der Waals surface area (Å²) in [5.41, 5.74) is 2.49. The average Bonchev–Trinajstić information content (AvgIpc) is 2.77. The Bertz CT molecular complexity index is 955. The molecule has 162 valence electrons. The molecule has 1 aliphatic heterocycles. The number of hydrogen-bond acceptors (Lipinski definition) is 5. The zero-order valence-corrected chi connectivity index (χ0v) is 18.3. The van der Waals surface area contributed by atoms with Gasteiger partial charge in [-0.05, 0) is 36.8 Å². The molecule has 30 heavy (non-hydrogen) atoms. The third kappa shape index (κ3) is 5.81. The van der Waals surface area contributed by atoms with Gasteiger partial charge in [-0.2, -0.15) is 4.31 Å². The summed E-state index contributed by atoms with van der Waals surface area (Å²) in [6.45, 7) is 4.61. The van der Waals surface area contributed by atoms with Crippen molar-refractivity contribution in [3.8, 4) is 5.75 Å². The summed E-state index contributed by atoms with van der Waals surface area (Å²) in [6.07, 6.45) is 0. The van der Waals surface area contributed by atoms with E-state index in [0.717, 1.165) is 11.1 Å². The normalized spacial score (nSPS) is 15.0. The van der Waals surface area contributed by atoms with Gasteiger partial charge in [-0.3, -0.25) is 4.79 Å². The number of benzene rings is 2. The van der Waals surface area contributed by atoms with Gasteiger partial charge in [0.1, 0.15) is 5.75 Å². The molecule has 0 saturated carbocycles. The fraction of sp³-hybridized carbons (Fsp3) is 0.409. The van der Waals surface area contributed by atoms with Crippen LogP contribution in [0.25, 0.3) is 0 Å². The molecule has 1 heterocycles. The van der Waals surface area contributed by atoms with Crippen molar-refractivity contribution in [1.82, 2.24) is 14.5 Å². The molecule has 0 spiro atoms. The molecule has 1 N–H and O–H groups in total. The maximum Gasteiger partial charge on any atom is 0.254 e. The predicted octanol–water partition coefficient (Wildman–Crippen LogP) is 1.88. The van der Waals surface area contributed by atoms with Crippen LogP contribution in [0.4, 0.5) is 0 Å². The maximum absolute atomic E-state index is 13.2. The van der Waals surface area contributed by atoms with E-state index < -0.39 is 10.0 Å². The van der Waals surface area contributed by atoms with Crippen molar-refractivity contribution in [2.24, 2.45) is 0 Å². The molecule has 2 aromatic carbocycles. The summed E-state index contributed by atoms with van der Waals surface area (Å²) in [5, 5.41) is 3.16. The second-order valence-electron chi connectivity index (χ2n) is 7.41. The van der Waals surface area contributed by atoms with Gasteiger partial charge in [0.2, 0.25) is 10.0 Å². The summed E-state index contributed by atoms with van der Waals surface area (Å²) in [7, 11) is -1.84. The van der Waals surface area contributed by atoms with Gasteiger partial charge in [-0.1, -0.05) is 29.8 Å².